The number of anilines is 1. The first-order valence-electron chi connectivity index (χ1n) is 13.1. The van der Waals surface area contributed by atoms with Gasteiger partial charge in [-0.2, -0.15) is 0 Å². The van der Waals surface area contributed by atoms with Crippen molar-refractivity contribution in [3.8, 4) is 17.0 Å². The molecule has 0 radical (unpaired) electrons. The van der Waals surface area contributed by atoms with Gasteiger partial charge in [0.2, 0.25) is 5.88 Å². The number of hydrogen-bond donors (Lipinski definition) is 1. The number of hydrogen-bond acceptors (Lipinski definition) is 6. The molecule has 0 aromatic carbocycles. The Morgan fingerprint density at radius 3 is 2.39 bits per heavy atom. The average molecular weight is 496 g/mol. The molecule has 1 N–H and O–H groups in total. The topological polar surface area (TPSA) is 84.8 Å². The summed E-state index contributed by atoms with van der Waals surface area (Å²) in [5.74, 6) is 0.956. The first-order chi connectivity index (χ1) is 16.8. The van der Waals surface area contributed by atoms with Crippen molar-refractivity contribution < 1.29 is 19.4 Å². The third-order valence-electron chi connectivity index (χ3n) is 7.45. The van der Waals surface area contributed by atoms with Crippen molar-refractivity contribution in [1.82, 2.24) is 9.97 Å². The minimum Gasteiger partial charge on any atom is -0.479 e. The lowest BCUT2D eigenvalue weighted by atomic mass is 9.82. The number of carboxylic acids is 1. The van der Waals surface area contributed by atoms with Crippen molar-refractivity contribution in [2.75, 3.05) is 24.6 Å². The van der Waals surface area contributed by atoms with Gasteiger partial charge in [0, 0.05) is 53.9 Å². The van der Waals surface area contributed by atoms with E-state index < -0.39 is 17.7 Å². The minimum absolute atomic E-state index is 0.257. The van der Waals surface area contributed by atoms with E-state index in [1.54, 1.807) is 6.20 Å². The van der Waals surface area contributed by atoms with E-state index in [-0.39, 0.29) is 5.41 Å². The molecule has 1 aliphatic heterocycles. The maximum absolute atomic E-state index is 12.5. The van der Waals surface area contributed by atoms with E-state index in [4.69, 9.17) is 9.47 Å². The molecule has 2 aromatic rings. The van der Waals surface area contributed by atoms with Gasteiger partial charge in [-0.15, -0.1) is 0 Å². The summed E-state index contributed by atoms with van der Waals surface area (Å²) in [6.07, 6.45) is 5.78. The van der Waals surface area contributed by atoms with Crippen molar-refractivity contribution >= 4 is 11.7 Å². The van der Waals surface area contributed by atoms with Crippen molar-refractivity contribution in [3.05, 3.63) is 35.8 Å². The van der Waals surface area contributed by atoms with Crippen LogP contribution in [0.4, 0.5) is 5.69 Å². The molecule has 0 bridgehead atoms. The second kappa shape index (κ2) is 10.0. The van der Waals surface area contributed by atoms with Gasteiger partial charge in [-0.3, -0.25) is 4.98 Å². The highest BCUT2D eigenvalue weighted by molar-refractivity contribution is 5.86. The van der Waals surface area contributed by atoms with Gasteiger partial charge in [0.15, 0.2) is 6.10 Å². The molecular formula is C29H41N3O4. The van der Waals surface area contributed by atoms with Crippen LogP contribution in [0.15, 0.2) is 24.5 Å². The smallest absolute Gasteiger partial charge is 0.337 e. The standard InChI is InChI=1S/C29H41N3O4/c1-18-14-21(18)17-35-23-9-8-20(15-31-23)22-16-30-19(2)24(26(27(33)34)36-28(3,4)5)25(22)32-12-10-29(6,7)11-13-32/h8-9,15-16,18,21,26H,10-14,17H2,1-7H3,(H,33,34)/t18?,21?,26-/m0/s1. The Bertz CT molecular complexity index is 1080. The molecule has 1 aliphatic carbocycles. The number of pyridine rings is 2. The van der Waals surface area contributed by atoms with Crippen molar-refractivity contribution in [3.63, 3.8) is 0 Å². The first-order valence-corrected chi connectivity index (χ1v) is 13.1. The summed E-state index contributed by atoms with van der Waals surface area (Å²) < 4.78 is 12.0. The Morgan fingerprint density at radius 1 is 1.19 bits per heavy atom. The van der Waals surface area contributed by atoms with E-state index >= 15 is 0 Å². The summed E-state index contributed by atoms with van der Waals surface area (Å²) in [6.45, 7) is 16.7. The summed E-state index contributed by atoms with van der Waals surface area (Å²) in [5.41, 5.74) is 3.56. The summed E-state index contributed by atoms with van der Waals surface area (Å²) in [5, 5.41) is 10.2. The summed E-state index contributed by atoms with van der Waals surface area (Å²) >= 11 is 0. The minimum atomic E-state index is -1.13. The molecule has 36 heavy (non-hydrogen) atoms. The molecule has 3 heterocycles. The molecule has 2 unspecified atom stereocenters. The Balaban J connectivity index is 1.75. The van der Waals surface area contributed by atoms with Crippen molar-refractivity contribution in [1.29, 1.82) is 0 Å². The molecule has 3 atom stereocenters. The van der Waals surface area contributed by atoms with Gasteiger partial charge >= 0.3 is 5.97 Å². The fraction of sp³-hybridized carbons (Fsp3) is 0.621. The van der Waals surface area contributed by atoms with Crippen LogP contribution < -0.4 is 9.64 Å². The highest BCUT2D eigenvalue weighted by Gasteiger charge is 2.36. The van der Waals surface area contributed by atoms with Gasteiger partial charge in [0.05, 0.1) is 17.9 Å². The Labute approximate surface area is 215 Å². The number of aryl methyl sites for hydroxylation is 1. The number of aliphatic carboxylic acids is 1. The Kier molecular flexibility index (Phi) is 7.33. The maximum atomic E-state index is 12.5. The second-order valence-electron chi connectivity index (χ2n) is 12.3. The molecule has 0 amide bonds. The molecular weight excluding hydrogens is 454 g/mol. The Hall–Kier alpha value is -2.67. The van der Waals surface area contributed by atoms with E-state index in [1.807, 2.05) is 46.0 Å². The van der Waals surface area contributed by atoms with E-state index in [2.05, 4.69) is 35.6 Å². The maximum Gasteiger partial charge on any atom is 0.337 e. The lowest BCUT2D eigenvalue weighted by Gasteiger charge is -2.40. The van der Waals surface area contributed by atoms with Crippen LogP contribution >= 0.6 is 0 Å². The van der Waals surface area contributed by atoms with Crippen LogP contribution in [0.25, 0.3) is 11.1 Å². The molecule has 7 heteroatoms. The van der Waals surface area contributed by atoms with Crippen molar-refractivity contribution in [2.45, 2.75) is 79.4 Å². The van der Waals surface area contributed by atoms with Gasteiger partial charge in [-0.05, 0) is 70.3 Å². The normalized spacial score (nSPS) is 22.2. The largest absolute Gasteiger partial charge is 0.479 e. The van der Waals surface area contributed by atoms with E-state index in [1.165, 1.54) is 6.42 Å². The number of aromatic nitrogens is 2. The third kappa shape index (κ3) is 6.17. The first kappa shape index (κ1) is 26.4. The Morgan fingerprint density at radius 2 is 1.86 bits per heavy atom. The average Bonchev–Trinajstić information content (AvgIpc) is 3.51. The number of carbonyl (C=O) groups is 1. The van der Waals surface area contributed by atoms with E-state index in [0.717, 1.165) is 48.7 Å². The SMILES string of the molecule is Cc1ncc(-c2ccc(OCC3CC3C)nc2)c(N2CCC(C)(C)CC2)c1[C@H](OC(C)(C)C)C(=O)O. The number of nitrogens with zero attached hydrogens (tertiary/aromatic N) is 3. The fourth-order valence-electron chi connectivity index (χ4n) is 4.85. The fourth-order valence-corrected chi connectivity index (χ4v) is 4.85. The number of ether oxygens (including phenoxy) is 2. The molecule has 0 spiro atoms. The number of carboxylic acid groups (broad SMARTS) is 1. The summed E-state index contributed by atoms with van der Waals surface area (Å²) in [7, 11) is 0. The zero-order valence-electron chi connectivity index (χ0n) is 22.8. The van der Waals surface area contributed by atoms with Crippen molar-refractivity contribution in [2.24, 2.45) is 17.3 Å². The van der Waals surface area contributed by atoms with Crippen LogP contribution in [0.2, 0.25) is 0 Å². The van der Waals surface area contributed by atoms with E-state index in [9.17, 15) is 9.90 Å². The number of piperidine rings is 1. The highest BCUT2D eigenvalue weighted by Crippen LogP contribution is 2.43. The molecule has 1 saturated heterocycles. The van der Waals surface area contributed by atoms with Gasteiger partial charge in [0.25, 0.3) is 0 Å². The second-order valence-corrected chi connectivity index (χ2v) is 12.3. The molecule has 2 aliphatic rings. The van der Waals surface area contributed by atoms with Crippen LogP contribution in [0, 0.1) is 24.2 Å². The van der Waals surface area contributed by atoms with Crippen LogP contribution in [0.5, 0.6) is 5.88 Å². The van der Waals surface area contributed by atoms with E-state index in [0.29, 0.717) is 29.7 Å². The predicted octanol–water partition coefficient (Wildman–Crippen LogP) is 6.05. The molecule has 2 aromatic heterocycles. The van der Waals surface area contributed by atoms with Crippen LogP contribution in [0.1, 0.15) is 78.2 Å². The van der Waals surface area contributed by atoms with Crippen LogP contribution in [-0.2, 0) is 9.53 Å². The molecule has 7 nitrogen and oxygen atoms in total. The molecule has 4 rings (SSSR count). The van der Waals surface area contributed by atoms with Gasteiger partial charge < -0.3 is 19.5 Å². The predicted molar refractivity (Wildman–Crippen MR) is 141 cm³/mol. The van der Waals surface area contributed by atoms with Crippen LogP contribution in [0.3, 0.4) is 0 Å². The third-order valence-corrected chi connectivity index (χ3v) is 7.45. The van der Waals surface area contributed by atoms with Gasteiger partial charge in [-0.25, -0.2) is 9.78 Å². The summed E-state index contributed by atoms with van der Waals surface area (Å²) in [6, 6.07) is 3.89. The zero-order chi connectivity index (χ0) is 26.3. The van der Waals surface area contributed by atoms with Gasteiger partial charge in [0.1, 0.15) is 0 Å². The van der Waals surface area contributed by atoms with Crippen LogP contribution in [-0.4, -0.2) is 46.3 Å². The lowest BCUT2D eigenvalue weighted by Crippen LogP contribution is -2.39. The number of rotatable bonds is 8. The van der Waals surface area contributed by atoms with Gasteiger partial charge in [-0.1, -0.05) is 20.8 Å². The summed E-state index contributed by atoms with van der Waals surface area (Å²) in [4.78, 5) is 24.0. The monoisotopic (exact) mass is 495 g/mol. The lowest BCUT2D eigenvalue weighted by molar-refractivity contribution is -0.160. The molecule has 1 saturated carbocycles. The quantitative estimate of drug-likeness (QED) is 0.477. The zero-order valence-corrected chi connectivity index (χ0v) is 22.8. The molecule has 196 valence electrons. The molecule has 2 fully saturated rings. The highest BCUT2D eigenvalue weighted by atomic mass is 16.5.